The van der Waals surface area contributed by atoms with Crippen molar-refractivity contribution in [1.82, 2.24) is 4.90 Å². The van der Waals surface area contributed by atoms with Gasteiger partial charge in [0.1, 0.15) is 0 Å². The summed E-state index contributed by atoms with van der Waals surface area (Å²) >= 11 is 12.0. The van der Waals surface area contributed by atoms with Crippen LogP contribution in [0.15, 0.2) is 42.5 Å². The van der Waals surface area contributed by atoms with Gasteiger partial charge in [-0.2, -0.15) is 0 Å². The lowest BCUT2D eigenvalue weighted by atomic mass is 10.2. The second-order valence-electron chi connectivity index (χ2n) is 5.36. The summed E-state index contributed by atoms with van der Waals surface area (Å²) in [4.78, 5) is 13.9. The molecule has 0 aromatic heterocycles. The Labute approximate surface area is 140 Å². The third-order valence-corrected chi connectivity index (χ3v) is 3.56. The molecule has 3 nitrogen and oxygen atoms in total. The highest BCUT2D eigenvalue weighted by molar-refractivity contribution is 6.34. The maximum absolute atomic E-state index is 12.0. The first-order chi connectivity index (χ1) is 10.4. The number of rotatable bonds is 5. The van der Waals surface area contributed by atoms with Gasteiger partial charge in [0.05, 0.1) is 6.54 Å². The first-order valence-corrected chi connectivity index (χ1v) is 7.68. The number of likely N-dealkylation sites (N-methyl/N-ethyl adjacent to an activating group) is 1. The molecule has 116 valence electrons. The van der Waals surface area contributed by atoms with Crippen molar-refractivity contribution in [2.24, 2.45) is 0 Å². The highest BCUT2D eigenvalue weighted by Gasteiger charge is 2.08. The van der Waals surface area contributed by atoms with Crippen molar-refractivity contribution in [1.29, 1.82) is 0 Å². The lowest BCUT2D eigenvalue weighted by Crippen LogP contribution is -2.29. The van der Waals surface area contributed by atoms with Crippen LogP contribution in [0.2, 0.25) is 10.0 Å². The molecule has 0 saturated heterocycles. The summed E-state index contributed by atoms with van der Waals surface area (Å²) in [6.07, 6.45) is 0. The Kier molecular flexibility index (Phi) is 5.83. The van der Waals surface area contributed by atoms with Crippen molar-refractivity contribution >= 4 is 34.8 Å². The highest BCUT2D eigenvalue weighted by Crippen LogP contribution is 2.19. The second kappa shape index (κ2) is 7.63. The van der Waals surface area contributed by atoms with Crippen molar-refractivity contribution in [2.75, 3.05) is 18.9 Å². The largest absolute Gasteiger partial charge is 0.325 e. The number of nitrogens with zero attached hydrogens (tertiary/aromatic N) is 1. The summed E-state index contributed by atoms with van der Waals surface area (Å²) in [5, 5.41) is 4.07. The van der Waals surface area contributed by atoms with Crippen molar-refractivity contribution in [3.05, 3.63) is 63.6 Å². The fraction of sp³-hybridized carbons (Fsp3) is 0.235. The van der Waals surface area contributed by atoms with Crippen LogP contribution in [0.5, 0.6) is 0 Å². The minimum absolute atomic E-state index is 0.0560. The molecule has 0 atom stereocenters. The Morgan fingerprint density at radius 1 is 1.09 bits per heavy atom. The first-order valence-electron chi connectivity index (χ1n) is 6.92. The molecule has 0 heterocycles. The van der Waals surface area contributed by atoms with Gasteiger partial charge in [-0.25, -0.2) is 0 Å². The quantitative estimate of drug-likeness (QED) is 0.879. The summed E-state index contributed by atoms with van der Waals surface area (Å²) in [6, 6.07) is 13.1. The van der Waals surface area contributed by atoms with Crippen molar-refractivity contribution in [2.45, 2.75) is 13.5 Å². The Morgan fingerprint density at radius 2 is 1.68 bits per heavy atom. The van der Waals surface area contributed by atoms with E-state index in [0.717, 1.165) is 16.8 Å². The van der Waals surface area contributed by atoms with E-state index in [0.29, 0.717) is 16.6 Å². The molecule has 0 unspecified atom stereocenters. The van der Waals surface area contributed by atoms with Crippen LogP contribution in [0.4, 0.5) is 5.69 Å². The maximum Gasteiger partial charge on any atom is 0.238 e. The zero-order valence-electron chi connectivity index (χ0n) is 12.6. The lowest BCUT2D eigenvalue weighted by Gasteiger charge is -2.17. The summed E-state index contributed by atoms with van der Waals surface area (Å²) < 4.78 is 0. The van der Waals surface area contributed by atoms with Crippen LogP contribution < -0.4 is 5.32 Å². The van der Waals surface area contributed by atoms with Crippen LogP contribution in [-0.2, 0) is 11.3 Å². The van der Waals surface area contributed by atoms with Gasteiger partial charge in [0.15, 0.2) is 0 Å². The molecule has 0 saturated carbocycles. The molecule has 0 aliphatic carbocycles. The Morgan fingerprint density at radius 3 is 2.27 bits per heavy atom. The van der Waals surface area contributed by atoms with Gasteiger partial charge in [0, 0.05) is 22.3 Å². The molecule has 0 bridgehead atoms. The second-order valence-corrected chi connectivity index (χ2v) is 6.24. The minimum atomic E-state index is -0.0560. The smallest absolute Gasteiger partial charge is 0.238 e. The maximum atomic E-state index is 12.0. The number of aryl methyl sites for hydroxylation is 1. The number of halogens is 2. The van der Waals surface area contributed by atoms with Crippen LogP contribution in [-0.4, -0.2) is 24.4 Å². The van der Waals surface area contributed by atoms with E-state index >= 15 is 0 Å². The van der Waals surface area contributed by atoms with Crippen molar-refractivity contribution in [3.63, 3.8) is 0 Å². The molecule has 5 heteroatoms. The summed E-state index contributed by atoms with van der Waals surface area (Å²) in [6.45, 7) is 2.90. The predicted molar refractivity (Wildman–Crippen MR) is 92.6 cm³/mol. The summed E-state index contributed by atoms with van der Waals surface area (Å²) in [5.41, 5.74) is 2.94. The molecule has 2 aromatic rings. The zero-order chi connectivity index (χ0) is 16.1. The van der Waals surface area contributed by atoms with Crippen molar-refractivity contribution in [3.8, 4) is 0 Å². The van der Waals surface area contributed by atoms with Crippen LogP contribution in [0.3, 0.4) is 0 Å². The van der Waals surface area contributed by atoms with Crippen LogP contribution in [0, 0.1) is 6.92 Å². The van der Waals surface area contributed by atoms with Gasteiger partial charge >= 0.3 is 0 Å². The monoisotopic (exact) mass is 336 g/mol. The minimum Gasteiger partial charge on any atom is -0.325 e. The van der Waals surface area contributed by atoms with Gasteiger partial charge < -0.3 is 5.32 Å². The molecule has 2 rings (SSSR count). The van der Waals surface area contributed by atoms with Crippen LogP contribution >= 0.6 is 23.2 Å². The summed E-state index contributed by atoms with van der Waals surface area (Å²) in [7, 11) is 1.88. The molecule has 1 N–H and O–H groups in total. The number of benzene rings is 2. The molecule has 0 spiro atoms. The normalized spacial score (nSPS) is 10.8. The van der Waals surface area contributed by atoms with Crippen LogP contribution in [0.25, 0.3) is 0 Å². The molecule has 1 amide bonds. The van der Waals surface area contributed by atoms with E-state index in [2.05, 4.69) is 5.32 Å². The Bertz CT molecular complexity index is 636. The fourth-order valence-corrected chi connectivity index (χ4v) is 2.72. The molecule has 0 fully saturated rings. The Hall–Kier alpha value is -1.55. The van der Waals surface area contributed by atoms with Gasteiger partial charge in [-0.05, 0) is 49.9 Å². The Balaban J connectivity index is 1.89. The van der Waals surface area contributed by atoms with Gasteiger partial charge in [0.25, 0.3) is 0 Å². The van der Waals surface area contributed by atoms with Gasteiger partial charge in [-0.1, -0.05) is 40.9 Å². The molecule has 0 radical (unpaired) electrons. The average Bonchev–Trinajstić information content (AvgIpc) is 2.39. The zero-order valence-corrected chi connectivity index (χ0v) is 14.1. The van der Waals surface area contributed by atoms with E-state index in [9.17, 15) is 4.79 Å². The highest BCUT2D eigenvalue weighted by atomic mass is 35.5. The number of carbonyl (C=O) groups excluding carboxylic acids is 1. The third kappa shape index (κ3) is 5.34. The fourth-order valence-electron chi connectivity index (χ4n) is 2.15. The van der Waals surface area contributed by atoms with Gasteiger partial charge in [-0.3, -0.25) is 9.69 Å². The number of anilines is 1. The standard InChI is InChI=1S/C17H18Cl2N2O/c1-12-3-5-16(6-4-12)20-17(22)11-21(2)10-13-7-14(18)9-15(19)8-13/h3-9H,10-11H2,1-2H3,(H,20,22). The summed E-state index contributed by atoms with van der Waals surface area (Å²) in [5.74, 6) is -0.0560. The topological polar surface area (TPSA) is 32.3 Å². The molecule has 0 aliphatic rings. The van der Waals surface area contributed by atoms with E-state index in [1.165, 1.54) is 0 Å². The molecule has 0 aliphatic heterocycles. The van der Waals surface area contributed by atoms with Gasteiger partial charge in [-0.15, -0.1) is 0 Å². The molecular weight excluding hydrogens is 319 g/mol. The van der Waals surface area contributed by atoms with Gasteiger partial charge in [0.2, 0.25) is 5.91 Å². The van der Waals surface area contributed by atoms with E-state index in [4.69, 9.17) is 23.2 Å². The molecule has 22 heavy (non-hydrogen) atoms. The number of nitrogens with one attached hydrogen (secondary N) is 1. The van der Waals surface area contributed by atoms with E-state index in [-0.39, 0.29) is 12.5 Å². The van der Waals surface area contributed by atoms with E-state index < -0.39 is 0 Å². The average molecular weight is 337 g/mol. The number of carbonyl (C=O) groups is 1. The number of hydrogen-bond acceptors (Lipinski definition) is 2. The lowest BCUT2D eigenvalue weighted by molar-refractivity contribution is -0.117. The van der Waals surface area contributed by atoms with E-state index in [1.54, 1.807) is 6.07 Å². The van der Waals surface area contributed by atoms with Crippen molar-refractivity contribution < 1.29 is 4.79 Å². The third-order valence-electron chi connectivity index (χ3n) is 3.12. The SMILES string of the molecule is Cc1ccc(NC(=O)CN(C)Cc2cc(Cl)cc(Cl)c2)cc1. The van der Waals surface area contributed by atoms with Crippen LogP contribution in [0.1, 0.15) is 11.1 Å². The predicted octanol–water partition coefficient (Wildman–Crippen LogP) is 4.37. The number of hydrogen-bond donors (Lipinski definition) is 1. The molecule has 2 aromatic carbocycles. The number of amides is 1. The molecular formula is C17H18Cl2N2O. The van der Waals surface area contributed by atoms with E-state index in [1.807, 2.05) is 55.3 Å². The first kappa shape index (κ1) is 16.8.